The summed E-state index contributed by atoms with van der Waals surface area (Å²) in [5.41, 5.74) is 0. The predicted molar refractivity (Wildman–Crippen MR) is 72.8 cm³/mol. The van der Waals surface area contributed by atoms with Gasteiger partial charge in [0, 0.05) is 0 Å². The number of imidazole rings is 1. The van der Waals surface area contributed by atoms with Gasteiger partial charge in [0.1, 0.15) is 18.4 Å². The van der Waals surface area contributed by atoms with E-state index in [1.807, 2.05) is 12.3 Å². The van der Waals surface area contributed by atoms with E-state index in [2.05, 4.69) is 35.6 Å². The average molecular weight is 362 g/mol. The van der Waals surface area contributed by atoms with Crippen LogP contribution in [0.1, 0.15) is 64.3 Å². The Bertz CT molecular complexity index is 283. The zero-order valence-electron chi connectivity index (χ0n) is 11.6. The first-order valence-electron chi connectivity index (χ1n) is 7.03. The van der Waals surface area contributed by atoms with Gasteiger partial charge in [0.2, 0.25) is 6.33 Å². The number of H-pyrrole nitrogens is 1. The van der Waals surface area contributed by atoms with E-state index in [0.717, 1.165) is 6.42 Å². The van der Waals surface area contributed by atoms with Crippen LogP contribution in [0.5, 0.6) is 0 Å². The fourth-order valence-corrected chi connectivity index (χ4v) is 2.28. The molecule has 0 bridgehead atoms. The fourth-order valence-electron chi connectivity index (χ4n) is 2.28. The normalized spacial score (nSPS) is 11.8. The first kappa shape index (κ1) is 17.7. The average Bonchev–Trinajstić information content (AvgIpc) is 2.86. The number of unbranched alkanes of at least 4 members (excludes halogenated alkanes) is 4. The molecule has 104 valence electrons. The van der Waals surface area contributed by atoms with Crippen molar-refractivity contribution in [2.45, 2.75) is 64.3 Å². The van der Waals surface area contributed by atoms with Gasteiger partial charge in [-0.1, -0.05) is 32.3 Å². The zero-order chi connectivity index (χ0) is 12.3. The summed E-state index contributed by atoms with van der Waals surface area (Å²) in [5.74, 6) is 0. The number of hydrogen-bond donors (Lipinski definition) is 1. The third-order valence-corrected chi connectivity index (χ3v) is 3.32. The van der Waals surface area contributed by atoms with E-state index in [9.17, 15) is 0 Å². The molecule has 0 aliphatic rings. The van der Waals surface area contributed by atoms with Crippen LogP contribution in [0.25, 0.3) is 0 Å². The van der Waals surface area contributed by atoms with Gasteiger partial charge in [-0.2, -0.15) is 0 Å². The Kier molecular flexibility index (Phi) is 11.5. The van der Waals surface area contributed by atoms with E-state index >= 15 is 0 Å². The molecule has 3 heteroatoms. The summed E-state index contributed by atoms with van der Waals surface area (Å²) in [6.07, 6.45) is 18.6. The van der Waals surface area contributed by atoms with Gasteiger partial charge in [0.15, 0.2) is 0 Å². The molecule has 0 spiro atoms. The van der Waals surface area contributed by atoms with Gasteiger partial charge in [-0.15, -0.1) is 6.58 Å². The van der Waals surface area contributed by atoms with E-state index in [1.165, 1.54) is 44.9 Å². The number of hydrogen-bond acceptors (Lipinski definition) is 0. The monoisotopic (exact) mass is 362 g/mol. The molecule has 1 rings (SSSR count). The Labute approximate surface area is 129 Å². The van der Waals surface area contributed by atoms with Crippen LogP contribution in [0.2, 0.25) is 0 Å². The van der Waals surface area contributed by atoms with E-state index in [4.69, 9.17) is 0 Å². The summed E-state index contributed by atoms with van der Waals surface area (Å²) in [6.45, 7) is 6.06. The molecule has 0 saturated carbocycles. The fraction of sp³-hybridized carbons (Fsp3) is 0.667. The first-order valence-corrected chi connectivity index (χ1v) is 7.03. The number of aromatic amines is 1. The minimum absolute atomic E-state index is 0. The largest absolute Gasteiger partial charge is 1.00 e. The predicted octanol–water partition coefficient (Wildman–Crippen LogP) is 1.17. The smallest absolute Gasteiger partial charge is 0.241 e. The van der Waals surface area contributed by atoms with Crippen LogP contribution in [0, 0.1) is 0 Å². The maximum atomic E-state index is 3.79. The van der Waals surface area contributed by atoms with Crippen molar-refractivity contribution in [1.82, 2.24) is 4.98 Å². The lowest BCUT2D eigenvalue weighted by atomic mass is 10.0. The number of halogens is 1. The molecule has 1 unspecified atom stereocenters. The van der Waals surface area contributed by atoms with Crippen molar-refractivity contribution >= 4 is 0 Å². The van der Waals surface area contributed by atoms with Crippen LogP contribution in [0.15, 0.2) is 31.4 Å². The zero-order valence-corrected chi connectivity index (χ0v) is 13.7. The molecule has 1 aromatic rings. The van der Waals surface area contributed by atoms with E-state index in [1.54, 1.807) is 0 Å². The second kappa shape index (κ2) is 11.8. The number of nitrogens with zero attached hydrogens (tertiary/aromatic N) is 1. The molecular weight excluding hydrogens is 335 g/mol. The first-order chi connectivity index (χ1) is 8.38. The van der Waals surface area contributed by atoms with Crippen molar-refractivity contribution < 1.29 is 28.5 Å². The highest BCUT2D eigenvalue weighted by Gasteiger charge is 2.14. The number of nitrogens with one attached hydrogen (secondary N) is 1. The van der Waals surface area contributed by atoms with Gasteiger partial charge in [-0.05, 0) is 32.1 Å². The van der Waals surface area contributed by atoms with E-state index < -0.39 is 0 Å². The standard InChI is InChI=1S/C15H26N2.HI/c1-3-5-7-9-11-15(10-8-6-4-2)17-13-12-16-14-17;/h4,12-15H,2-3,5-11H2,1H3;1H. The highest BCUT2D eigenvalue weighted by Crippen LogP contribution is 2.17. The Morgan fingerprint density at radius 1 is 1.22 bits per heavy atom. The highest BCUT2D eigenvalue weighted by atomic mass is 127. The van der Waals surface area contributed by atoms with Crippen molar-refractivity contribution in [2.75, 3.05) is 0 Å². The second-order valence-corrected chi connectivity index (χ2v) is 4.78. The van der Waals surface area contributed by atoms with Crippen molar-refractivity contribution in [3.63, 3.8) is 0 Å². The summed E-state index contributed by atoms with van der Waals surface area (Å²) in [7, 11) is 0. The molecule has 1 aromatic heterocycles. The topological polar surface area (TPSA) is 19.7 Å². The minimum Gasteiger partial charge on any atom is -1.00 e. The summed E-state index contributed by atoms with van der Waals surface area (Å²) < 4.78 is 2.33. The molecule has 2 nitrogen and oxygen atoms in total. The Balaban J connectivity index is 0.00000289. The number of allylic oxidation sites excluding steroid dienone is 1. The number of rotatable bonds is 10. The molecule has 0 saturated heterocycles. The van der Waals surface area contributed by atoms with Gasteiger partial charge >= 0.3 is 0 Å². The van der Waals surface area contributed by atoms with Gasteiger partial charge in [0.25, 0.3) is 0 Å². The third kappa shape index (κ3) is 7.19. The molecule has 18 heavy (non-hydrogen) atoms. The highest BCUT2D eigenvalue weighted by molar-refractivity contribution is 4.67. The van der Waals surface area contributed by atoms with Crippen molar-refractivity contribution in [3.05, 3.63) is 31.4 Å². The minimum atomic E-state index is 0. The van der Waals surface area contributed by atoms with E-state index in [-0.39, 0.29) is 24.0 Å². The van der Waals surface area contributed by atoms with Crippen LogP contribution in [-0.4, -0.2) is 4.98 Å². The third-order valence-electron chi connectivity index (χ3n) is 3.32. The van der Waals surface area contributed by atoms with Crippen LogP contribution < -0.4 is 28.5 Å². The lowest BCUT2D eigenvalue weighted by molar-refractivity contribution is -0.723. The molecule has 0 fully saturated rings. The molecule has 0 aliphatic carbocycles. The van der Waals surface area contributed by atoms with Crippen LogP contribution in [-0.2, 0) is 0 Å². The van der Waals surface area contributed by atoms with Gasteiger partial charge in [-0.25, -0.2) is 4.57 Å². The lowest BCUT2D eigenvalue weighted by Crippen LogP contribution is -3.00. The maximum absolute atomic E-state index is 3.79. The van der Waals surface area contributed by atoms with Crippen LogP contribution >= 0.6 is 0 Å². The molecule has 0 amide bonds. The molecule has 1 N–H and O–H groups in total. The van der Waals surface area contributed by atoms with Crippen molar-refractivity contribution in [3.8, 4) is 0 Å². The molecule has 0 aromatic carbocycles. The summed E-state index contributed by atoms with van der Waals surface area (Å²) in [5, 5.41) is 0. The number of aromatic nitrogens is 2. The Hall–Kier alpha value is -0.320. The second-order valence-electron chi connectivity index (χ2n) is 4.78. The van der Waals surface area contributed by atoms with Gasteiger partial charge in [-0.3, -0.25) is 4.98 Å². The molecule has 0 radical (unpaired) electrons. The van der Waals surface area contributed by atoms with Crippen molar-refractivity contribution in [2.24, 2.45) is 0 Å². The molecule has 1 heterocycles. The summed E-state index contributed by atoms with van der Waals surface area (Å²) in [6, 6.07) is 0.665. The maximum Gasteiger partial charge on any atom is 0.241 e. The Morgan fingerprint density at radius 2 is 2.00 bits per heavy atom. The quantitative estimate of drug-likeness (QED) is 0.279. The molecular formula is C15H27IN2. The molecule has 1 atom stereocenters. The Morgan fingerprint density at radius 3 is 2.61 bits per heavy atom. The SMILES string of the molecule is C=CCCCC(CCCCCC)[n+]1cc[nH]c1.[I-]. The van der Waals surface area contributed by atoms with Crippen molar-refractivity contribution in [1.29, 1.82) is 0 Å². The summed E-state index contributed by atoms with van der Waals surface area (Å²) in [4.78, 5) is 3.15. The molecule has 0 aliphatic heterocycles. The summed E-state index contributed by atoms with van der Waals surface area (Å²) >= 11 is 0. The lowest BCUT2D eigenvalue weighted by Gasteiger charge is -2.13. The van der Waals surface area contributed by atoms with Crippen LogP contribution in [0.4, 0.5) is 0 Å². The van der Waals surface area contributed by atoms with Gasteiger partial charge in [0.05, 0.1) is 0 Å². The van der Waals surface area contributed by atoms with Crippen LogP contribution in [0.3, 0.4) is 0 Å². The van der Waals surface area contributed by atoms with Gasteiger partial charge < -0.3 is 24.0 Å². The van der Waals surface area contributed by atoms with E-state index in [0.29, 0.717) is 6.04 Å².